The third-order valence-corrected chi connectivity index (χ3v) is 4.23. The van der Waals surface area contributed by atoms with Crippen LogP contribution in [-0.2, 0) is 6.42 Å². The maximum atomic E-state index is 12.1. The zero-order valence-corrected chi connectivity index (χ0v) is 11.8. The Hall–Kier alpha value is -1.01. The van der Waals surface area contributed by atoms with Gasteiger partial charge in [-0.3, -0.25) is 4.79 Å². The molecule has 0 radical (unpaired) electrons. The zero-order chi connectivity index (χ0) is 13.0. The number of hydrogen-bond donors (Lipinski definition) is 1. The van der Waals surface area contributed by atoms with Crippen LogP contribution in [0.15, 0.2) is 0 Å². The molecule has 0 atom stereocenters. The molecule has 0 saturated carbocycles. The molecule has 0 spiro atoms. The summed E-state index contributed by atoms with van der Waals surface area (Å²) in [6.45, 7) is 7.41. The number of likely N-dealkylation sites (tertiary alicyclic amines) is 1. The standard InChI is InChI=1S/C12H20N4OS/c1-3-10-11(18-15-14-10)12(17)13-9-5-7-16(4-2)8-6-9/h9H,3-8H2,1-2H3,(H,13,17). The van der Waals surface area contributed by atoms with Gasteiger partial charge in [0.1, 0.15) is 4.88 Å². The molecule has 18 heavy (non-hydrogen) atoms. The van der Waals surface area contributed by atoms with E-state index in [1.54, 1.807) is 0 Å². The second kappa shape index (κ2) is 6.24. The van der Waals surface area contributed by atoms with Gasteiger partial charge in [-0.2, -0.15) is 0 Å². The molecular weight excluding hydrogens is 248 g/mol. The van der Waals surface area contributed by atoms with Gasteiger partial charge in [0.25, 0.3) is 5.91 Å². The van der Waals surface area contributed by atoms with E-state index in [0.29, 0.717) is 10.9 Å². The Kier molecular flexibility index (Phi) is 4.66. The first kappa shape index (κ1) is 13.4. The van der Waals surface area contributed by atoms with Crippen LogP contribution in [0.2, 0.25) is 0 Å². The summed E-state index contributed by atoms with van der Waals surface area (Å²) in [6.07, 6.45) is 2.83. The molecule has 1 saturated heterocycles. The third kappa shape index (κ3) is 3.05. The van der Waals surface area contributed by atoms with E-state index >= 15 is 0 Å². The summed E-state index contributed by atoms with van der Waals surface area (Å²) >= 11 is 1.19. The molecule has 0 aliphatic carbocycles. The fourth-order valence-electron chi connectivity index (χ4n) is 2.26. The summed E-state index contributed by atoms with van der Waals surface area (Å²) in [7, 11) is 0. The summed E-state index contributed by atoms with van der Waals surface area (Å²) in [6, 6.07) is 0.298. The fourth-order valence-corrected chi connectivity index (χ4v) is 2.91. The molecule has 2 rings (SSSR count). The highest BCUT2D eigenvalue weighted by Gasteiger charge is 2.22. The SMILES string of the molecule is CCc1nnsc1C(=O)NC1CCN(CC)CC1. The van der Waals surface area contributed by atoms with Crippen LogP contribution in [-0.4, -0.2) is 46.1 Å². The van der Waals surface area contributed by atoms with Gasteiger partial charge in [0.05, 0.1) is 5.69 Å². The molecule has 1 aliphatic rings. The monoisotopic (exact) mass is 268 g/mol. The first-order chi connectivity index (χ1) is 8.74. The average Bonchev–Trinajstić information content (AvgIpc) is 2.88. The van der Waals surface area contributed by atoms with E-state index in [0.717, 1.165) is 44.6 Å². The molecule has 1 aliphatic heterocycles. The number of carbonyl (C=O) groups is 1. The molecular formula is C12H20N4OS. The number of aromatic nitrogens is 2. The summed E-state index contributed by atoms with van der Waals surface area (Å²) in [4.78, 5) is 15.2. The van der Waals surface area contributed by atoms with Gasteiger partial charge in [-0.1, -0.05) is 18.3 Å². The Morgan fingerprint density at radius 2 is 2.17 bits per heavy atom. The molecule has 6 heteroatoms. The Morgan fingerprint density at radius 1 is 1.44 bits per heavy atom. The quantitative estimate of drug-likeness (QED) is 0.894. The number of carbonyl (C=O) groups excluding carboxylic acids is 1. The number of aryl methyl sites for hydroxylation is 1. The van der Waals surface area contributed by atoms with E-state index in [-0.39, 0.29) is 5.91 Å². The summed E-state index contributed by atoms with van der Waals surface area (Å²) in [5.41, 5.74) is 0.809. The van der Waals surface area contributed by atoms with Gasteiger partial charge in [-0.25, -0.2) is 0 Å². The first-order valence-corrected chi connectivity index (χ1v) is 7.36. The van der Waals surface area contributed by atoms with Crippen molar-refractivity contribution in [3.8, 4) is 0 Å². The van der Waals surface area contributed by atoms with E-state index in [9.17, 15) is 4.79 Å². The van der Waals surface area contributed by atoms with Crippen molar-refractivity contribution < 1.29 is 4.79 Å². The second-order valence-electron chi connectivity index (χ2n) is 4.58. The van der Waals surface area contributed by atoms with Crippen molar-refractivity contribution in [2.24, 2.45) is 0 Å². The second-order valence-corrected chi connectivity index (χ2v) is 5.34. The molecule has 1 aromatic heterocycles. The van der Waals surface area contributed by atoms with Crippen molar-refractivity contribution in [2.75, 3.05) is 19.6 Å². The van der Waals surface area contributed by atoms with Crippen molar-refractivity contribution in [1.29, 1.82) is 0 Å². The van der Waals surface area contributed by atoms with Crippen LogP contribution in [0, 0.1) is 0 Å². The molecule has 0 aromatic carbocycles. The van der Waals surface area contributed by atoms with E-state index in [4.69, 9.17) is 0 Å². The lowest BCUT2D eigenvalue weighted by atomic mass is 10.0. The Morgan fingerprint density at radius 3 is 2.78 bits per heavy atom. The van der Waals surface area contributed by atoms with Gasteiger partial charge in [0, 0.05) is 19.1 Å². The highest BCUT2D eigenvalue weighted by atomic mass is 32.1. The summed E-state index contributed by atoms with van der Waals surface area (Å²) in [5, 5.41) is 7.08. The average molecular weight is 268 g/mol. The predicted molar refractivity (Wildman–Crippen MR) is 71.9 cm³/mol. The van der Waals surface area contributed by atoms with Crippen LogP contribution in [0.5, 0.6) is 0 Å². The van der Waals surface area contributed by atoms with Crippen molar-refractivity contribution in [1.82, 2.24) is 19.8 Å². The van der Waals surface area contributed by atoms with Crippen LogP contribution in [0.4, 0.5) is 0 Å². The molecule has 100 valence electrons. The van der Waals surface area contributed by atoms with Crippen molar-refractivity contribution in [2.45, 2.75) is 39.2 Å². The van der Waals surface area contributed by atoms with Crippen LogP contribution in [0.25, 0.3) is 0 Å². The number of nitrogens with one attached hydrogen (secondary N) is 1. The van der Waals surface area contributed by atoms with E-state index in [2.05, 4.69) is 26.7 Å². The summed E-state index contributed by atoms with van der Waals surface area (Å²) in [5.74, 6) is -0.00296. The summed E-state index contributed by atoms with van der Waals surface area (Å²) < 4.78 is 3.86. The van der Waals surface area contributed by atoms with E-state index < -0.39 is 0 Å². The number of piperidine rings is 1. The maximum absolute atomic E-state index is 12.1. The third-order valence-electron chi connectivity index (χ3n) is 3.47. The van der Waals surface area contributed by atoms with Gasteiger partial charge in [-0.05, 0) is 37.3 Å². The van der Waals surface area contributed by atoms with Gasteiger partial charge >= 0.3 is 0 Å². The minimum atomic E-state index is -0.00296. The molecule has 0 bridgehead atoms. The van der Waals surface area contributed by atoms with Crippen molar-refractivity contribution in [3.63, 3.8) is 0 Å². The number of amides is 1. The lowest BCUT2D eigenvalue weighted by molar-refractivity contribution is 0.0915. The molecule has 1 N–H and O–H groups in total. The Balaban J connectivity index is 1.89. The smallest absolute Gasteiger partial charge is 0.265 e. The van der Waals surface area contributed by atoms with Crippen LogP contribution in [0.3, 0.4) is 0 Å². The Labute approximate surface area is 112 Å². The van der Waals surface area contributed by atoms with Crippen LogP contribution >= 0.6 is 11.5 Å². The minimum Gasteiger partial charge on any atom is -0.348 e. The van der Waals surface area contributed by atoms with Crippen molar-refractivity contribution in [3.05, 3.63) is 10.6 Å². The molecule has 1 aromatic rings. The maximum Gasteiger partial charge on any atom is 0.265 e. The van der Waals surface area contributed by atoms with Gasteiger partial charge < -0.3 is 10.2 Å². The highest BCUT2D eigenvalue weighted by molar-refractivity contribution is 7.08. The molecule has 0 unspecified atom stereocenters. The molecule has 5 nitrogen and oxygen atoms in total. The van der Waals surface area contributed by atoms with Crippen LogP contribution in [0.1, 0.15) is 42.1 Å². The predicted octanol–water partition coefficient (Wildman–Crippen LogP) is 1.31. The topological polar surface area (TPSA) is 58.1 Å². The molecule has 1 fully saturated rings. The number of hydrogen-bond acceptors (Lipinski definition) is 5. The molecule has 1 amide bonds. The normalized spacial score (nSPS) is 17.9. The zero-order valence-electron chi connectivity index (χ0n) is 11.0. The van der Waals surface area contributed by atoms with Crippen molar-refractivity contribution >= 4 is 17.4 Å². The highest BCUT2D eigenvalue weighted by Crippen LogP contribution is 2.14. The van der Waals surface area contributed by atoms with Gasteiger partial charge in [0.15, 0.2) is 0 Å². The van der Waals surface area contributed by atoms with Gasteiger partial charge in [0.2, 0.25) is 0 Å². The number of rotatable bonds is 4. The lowest BCUT2D eigenvalue weighted by Gasteiger charge is -2.31. The number of nitrogens with zero attached hydrogens (tertiary/aromatic N) is 3. The van der Waals surface area contributed by atoms with Gasteiger partial charge in [-0.15, -0.1) is 5.10 Å². The van der Waals surface area contributed by atoms with E-state index in [1.807, 2.05) is 6.92 Å². The lowest BCUT2D eigenvalue weighted by Crippen LogP contribution is -2.44. The fraction of sp³-hybridized carbons (Fsp3) is 0.750. The van der Waals surface area contributed by atoms with E-state index in [1.165, 1.54) is 11.5 Å². The minimum absolute atomic E-state index is 0.00296. The molecule has 2 heterocycles. The van der Waals surface area contributed by atoms with Crippen LogP contribution < -0.4 is 5.32 Å². The Bertz CT molecular complexity index is 399. The largest absolute Gasteiger partial charge is 0.348 e. The first-order valence-electron chi connectivity index (χ1n) is 6.59.